The Kier molecular flexibility index (Phi) is 2.57. The number of hydrogen-bond donors (Lipinski definition) is 2. The second-order valence-corrected chi connectivity index (χ2v) is 2.47. The number of nitrogen functional groups attached to an aromatic ring is 1. The van der Waals surface area contributed by atoms with Crippen molar-refractivity contribution in [1.82, 2.24) is 10.4 Å². The molecule has 3 N–H and O–H groups in total. The molecule has 0 aliphatic rings. The fraction of sp³-hybridized carbons (Fsp3) is 0.125. The Bertz CT molecular complexity index is 380. The van der Waals surface area contributed by atoms with Crippen molar-refractivity contribution in [2.24, 2.45) is 5.84 Å². The molecule has 5 heteroatoms. The number of hydrazine groups is 1. The molecule has 5 nitrogen and oxygen atoms in total. The average molecular weight is 176 g/mol. The highest BCUT2D eigenvalue weighted by Gasteiger charge is 2.06. The number of carbonyl (C=O) groups excluding carboxylic acids is 1. The number of nitriles is 1. The molecule has 1 aromatic rings. The van der Waals surface area contributed by atoms with Crippen LogP contribution >= 0.6 is 0 Å². The van der Waals surface area contributed by atoms with Gasteiger partial charge < -0.3 is 0 Å². The van der Waals surface area contributed by atoms with Gasteiger partial charge in [0.2, 0.25) is 0 Å². The molecule has 0 aromatic carbocycles. The quantitative estimate of drug-likeness (QED) is 0.354. The summed E-state index contributed by atoms with van der Waals surface area (Å²) in [5.41, 5.74) is 3.33. The van der Waals surface area contributed by atoms with Gasteiger partial charge in [0.15, 0.2) is 0 Å². The number of nitrogens with zero attached hydrogens (tertiary/aromatic N) is 2. The summed E-state index contributed by atoms with van der Waals surface area (Å²) in [6.07, 6.45) is 1.35. The zero-order valence-electron chi connectivity index (χ0n) is 7.03. The summed E-state index contributed by atoms with van der Waals surface area (Å²) in [7, 11) is 0. The molecule has 0 saturated carbocycles. The third-order valence-corrected chi connectivity index (χ3v) is 1.59. The van der Waals surface area contributed by atoms with E-state index in [0.717, 1.165) is 0 Å². The van der Waals surface area contributed by atoms with Crippen LogP contribution in [0.1, 0.15) is 21.6 Å². The first kappa shape index (κ1) is 9.16. The van der Waals surface area contributed by atoms with Gasteiger partial charge in [0.25, 0.3) is 5.91 Å². The molecule has 0 aliphatic carbocycles. The number of aryl methyl sites for hydroxylation is 1. The lowest BCUT2D eigenvalue weighted by atomic mass is 10.1. The van der Waals surface area contributed by atoms with Gasteiger partial charge in [-0.2, -0.15) is 5.26 Å². The molecule has 13 heavy (non-hydrogen) atoms. The van der Waals surface area contributed by atoms with Crippen LogP contribution in [-0.4, -0.2) is 10.9 Å². The van der Waals surface area contributed by atoms with Crippen molar-refractivity contribution in [2.45, 2.75) is 6.92 Å². The van der Waals surface area contributed by atoms with Crippen molar-refractivity contribution in [3.8, 4) is 6.07 Å². The molecule has 0 saturated heterocycles. The van der Waals surface area contributed by atoms with E-state index >= 15 is 0 Å². The fourth-order valence-corrected chi connectivity index (χ4v) is 0.871. The molecule has 1 rings (SSSR count). The monoisotopic (exact) mass is 176 g/mol. The molecular weight excluding hydrogens is 168 g/mol. The second-order valence-electron chi connectivity index (χ2n) is 2.47. The minimum atomic E-state index is -0.465. The Balaban J connectivity index is 3.11. The molecule has 1 amide bonds. The van der Waals surface area contributed by atoms with Gasteiger partial charge in [0.05, 0.1) is 5.56 Å². The van der Waals surface area contributed by atoms with E-state index in [4.69, 9.17) is 11.1 Å². The van der Waals surface area contributed by atoms with Crippen LogP contribution in [0.5, 0.6) is 0 Å². The van der Waals surface area contributed by atoms with Gasteiger partial charge in [0.1, 0.15) is 11.8 Å². The number of aromatic nitrogens is 1. The van der Waals surface area contributed by atoms with Crippen LogP contribution in [0.3, 0.4) is 0 Å². The Morgan fingerprint density at radius 2 is 2.46 bits per heavy atom. The summed E-state index contributed by atoms with van der Waals surface area (Å²) in [6.45, 7) is 1.73. The third kappa shape index (κ3) is 1.80. The Hall–Kier alpha value is -1.93. The number of carbonyl (C=O) groups is 1. The van der Waals surface area contributed by atoms with E-state index in [0.29, 0.717) is 11.1 Å². The third-order valence-electron chi connectivity index (χ3n) is 1.59. The smallest absolute Gasteiger partial charge is 0.283 e. The normalized spacial score (nSPS) is 9.00. The van der Waals surface area contributed by atoms with Crippen molar-refractivity contribution in [3.05, 3.63) is 29.1 Å². The summed E-state index contributed by atoms with van der Waals surface area (Å²) in [6, 6.07) is 3.47. The lowest BCUT2D eigenvalue weighted by Gasteiger charge is -2.00. The van der Waals surface area contributed by atoms with Crippen molar-refractivity contribution in [2.75, 3.05) is 0 Å². The highest BCUT2D eigenvalue weighted by molar-refractivity contribution is 5.92. The average Bonchev–Trinajstić information content (AvgIpc) is 2.16. The molecule has 0 atom stereocenters. The number of pyridine rings is 1. The van der Waals surface area contributed by atoms with Crippen LogP contribution in [0, 0.1) is 18.3 Å². The molecule has 0 bridgehead atoms. The predicted octanol–water partition coefficient (Wildman–Crippen LogP) is -0.135. The van der Waals surface area contributed by atoms with E-state index in [-0.39, 0.29) is 5.69 Å². The molecule has 0 aliphatic heterocycles. The molecule has 0 unspecified atom stereocenters. The first-order chi connectivity index (χ1) is 6.19. The van der Waals surface area contributed by atoms with Gasteiger partial charge >= 0.3 is 0 Å². The largest absolute Gasteiger partial charge is 0.289 e. The minimum absolute atomic E-state index is 0.207. The van der Waals surface area contributed by atoms with E-state index in [9.17, 15) is 4.79 Å². The highest BCUT2D eigenvalue weighted by atomic mass is 16.2. The maximum absolute atomic E-state index is 11.0. The summed E-state index contributed by atoms with van der Waals surface area (Å²) >= 11 is 0. The molecular formula is C8H8N4O. The standard InChI is InChI=1S/C8H8N4O/c1-5-2-7(8(13)12-10)11-4-6(5)3-9/h2,4H,10H2,1H3,(H,12,13). The number of hydrogen-bond acceptors (Lipinski definition) is 4. The van der Waals surface area contributed by atoms with Gasteiger partial charge in [-0.25, -0.2) is 10.8 Å². The summed E-state index contributed by atoms with van der Waals surface area (Å²) in [5.74, 6) is 4.45. The predicted molar refractivity (Wildman–Crippen MR) is 45.3 cm³/mol. The van der Waals surface area contributed by atoms with Gasteiger partial charge in [-0.1, -0.05) is 0 Å². The van der Waals surface area contributed by atoms with Gasteiger partial charge in [-0.05, 0) is 18.6 Å². The number of nitrogens with one attached hydrogen (secondary N) is 1. The Morgan fingerprint density at radius 3 is 2.92 bits per heavy atom. The lowest BCUT2D eigenvalue weighted by Crippen LogP contribution is -2.30. The SMILES string of the molecule is Cc1cc(C(=O)NN)ncc1C#N. The van der Waals surface area contributed by atoms with Crippen LogP contribution in [0.15, 0.2) is 12.3 Å². The zero-order valence-corrected chi connectivity index (χ0v) is 7.03. The van der Waals surface area contributed by atoms with Crippen molar-refractivity contribution in [3.63, 3.8) is 0 Å². The van der Waals surface area contributed by atoms with Gasteiger partial charge in [0, 0.05) is 6.20 Å². The van der Waals surface area contributed by atoms with Gasteiger partial charge in [-0.15, -0.1) is 0 Å². The highest BCUT2D eigenvalue weighted by Crippen LogP contribution is 2.06. The number of rotatable bonds is 1. The second kappa shape index (κ2) is 3.65. The molecule has 1 aromatic heterocycles. The fourth-order valence-electron chi connectivity index (χ4n) is 0.871. The number of nitrogens with two attached hydrogens (primary N) is 1. The van der Waals surface area contributed by atoms with E-state index in [1.807, 2.05) is 11.5 Å². The Morgan fingerprint density at radius 1 is 1.77 bits per heavy atom. The summed E-state index contributed by atoms with van der Waals surface area (Å²) in [5, 5.41) is 8.59. The van der Waals surface area contributed by atoms with E-state index in [2.05, 4.69) is 4.98 Å². The van der Waals surface area contributed by atoms with Crippen LogP contribution in [0.4, 0.5) is 0 Å². The summed E-state index contributed by atoms with van der Waals surface area (Å²) < 4.78 is 0. The van der Waals surface area contributed by atoms with Crippen LogP contribution in [0.25, 0.3) is 0 Å². The van der Waals surface area contributed by atoms with E-state index in [1.54, 1.807) is 6.92 Å². The zero-order chi connectivity index (χ0) is 9.84. The van der Waals surface area contributed by atoms with Crippen LogP contribution in [0.2, 0.25) is 0 Å². The first-order valence-electron chi connectivity index (χ1n) is 3.56. The maximum Gasteiger partial charge on any atom is 0.283 e. The van der Waals surface area contributed by atoms with Crippen molar-refractivity contribution >= 4 is 5.91 Å². The van der Waals surface area contributed by atoms with Crippen LogP contribution in [-0.2, 0) is 0 Å². The Labute approximate surface area is 75.2 Å². The molecule has 1 heterocycles. The van der Waals surface area contributed by atoms with E-state index < -0.39 is 5.91 Å². The van der Waals surface area contributed by atoms with E-state index in [1.165, 1.54) is 12.3 Å². The van der Waals surface area contributed by atoms with Gasteiger partial charge in [-0.3, -0.25) is 10.2 Å². The van der Waals surface area contributed by atoms with Crippen molar-refractivity contribution < 1.29 is 4.79 Å². The minimum Gasteiger partial charge on any atom is -0.289 e. The molecule has 0 spiro atoms. The summed E-state index contributed by atoms with van der Waals surface area (Å²) in [4.78, 5) is 14.8. The lowest BCUT2D eigenvalue weighted by molar-refractivity contribution is 0.0948. The molecule has 0 fully saturated rings. The first-order valence-corrected chi connectivity index (χ1v) is 3.56. The number of amides is 1. The van der Waals surface area contributed by atoms with Crippen LogP contribution < -0.4 is 11.3 Å². The molecule has 0 radical (unpaired) electrons. The maximum atomic E-state index is 11.0. The molecule has 66 valence electrons. The van der Waals surface area contributed by atoms with Crippen molar-refractivity contribution in [1.29, 1.82) is 5.26 Å². The topological polar surface area (TPSA) is 91.8 Å².